The number of ether oxygens (including phenoxy) is 1. The molecule has 84 valence electrons. The Morgan fingerprint density at radius 2 is 2.13 bits per heavy atom. The van der Waals surface area contributed by atoms with Gasteiger partial charge in [0.2, 0.25) is 6.43 Å². The van der Waals surface area contributed by atoms with E-state index in [4.69, 9.17) is 10.5 Å². The number of rotatable bonds is 5. The molecule has 15 heavy (non-hydrogen) atoms. The van der Waals surface area contributed by atoms with Crippen LogP contribution in [0.1, 0.15) is 5.56 Å². The first-order valence-electron chi connectivity index (χ1n) is 4.78. The zero-order chi connectivity index (χ0) is 11.3. The molecule has 0 fully saturated rings. The molecule has 1 aromatic rings. The van der Waals surface area contributed by atoms with Gasteiger partial charge in [0, 0.05) is 12.5 Å². The Labute approximate surface area is 88.0 Å². The molecular formula is C11H15F2NO. The van der Waals surface area contributed by atoms with Gasteiger partial charge in [-0.15, -0.1) is 0 Å². The van der Waals surface area contributed by atoms with Crippen molar-refractivity contribution in [3.05, 3.63) is 29.8 Å². The molecule has 0 aliphatic rings. The fraction of sp³-hybridized carbons (Fsp3) is 0.455. The summed E-state index contributed by atoms with van der Waals surface area (Å²) in [7, 11) is 1.55. The Morgan fingerprint density at radius 1 is 1.40 bits per heavy atom. The smallest absolute Gasteiger partial charge is 0.242 e. The van der Waals surface area contributed by atoms with Crippen molar-refractivity contribution in [2.45, 2.75) is 12.8 Å². The lowest BCUT2D eigenvalue weighted by Gasteiger charge is -2.13. The highest BCUT2D eigenvalue weighted by atomic mass is 19.3. The molecule has 0 bridgehead atoms. The van der Waals surface area contributed by atoms with Gasteiger partial charge in [-0.05, 0) is 24.1 Å². The maximum Gasteiger partial charge on any atom is 0.242 e. The summed E-state index contributed by atoms with van der Waals surface area (Å²) < 4.78 is 29.9. The molecule has 0 spiro atoms. The highest BCUT2D eigenvalue weighted by Crippen LogP contribution is 2.19. The fourth-order valence-electron chi connectivity index (χ4n) is 1.38. The maximum atomic E-state index is 12.5. The maximum absolute atomic E-state index is 12.5. The average molecular weight is 215 g/mol. The Kier molecular flexibility index (Phi) is 4.49. The first kappa shape index (κ1) is 11.9. The van der Waals surface area contributed by atoms with E-state index >= 15 is 0 Å². The van der Waals surface area contributed by atoms with Crippen LogP contribution in [-0.2, 0) is 6.42 Å². The normalized spacial score (nSPS) is 12.9. The molecule has 1 rings (SSSR count). The zero-order valence-corrected chi connectivity index (χ0v) is 8.62. The summed E-state index contributed by atoms with van der Waals surface area (Å²) in [6, 6.07) is 7.12. The van der Waals surface area contributed by atoms with Crippen LogP contribution < -0.4 is 10.5 Å². The van der Waals surface area contributed by atoms with E-state index in [1.807, 2.05) is 0 Å². The number of halogens is 2. The molecule has 0 aliphatic carbocycles. The molecule has 1 aromatic carbocycles. The molecule has 0 radical (unpaired) electrons. The number of nitrogens with two attached hydrogens (primary N) is 1. The van der Waals surface area contributed by atoms with Crippen molar-refractivity contribution in [2.75, 3.05) is 13.7 Å². The third-order valence-electron chi connectivity index (χ3n) is 2.29. The monoisotopic (exact) mass is 215 g/mol. The van der Waals surface area contributed by atoms with Crippen LogP contribution >= 0.6 is 0 Å². The lowest BCUT2D eigenvalue weighted by Crippen LogP contribution is -2.23. The van der Waals surface area contributed by atoms with E-state index in [-0.39, 0.29) is 13.0 Å². The zero-order valence-electron chi connectivity index (χ0n) is 8.62. The lowest BCUT2D eigenvalue weighted by atomic mass is 10.00. The summed E-state index contributed by atoms with van der Waals surface area (Å²) in [5.41, 5.74) is 6.11. The largest absolute Gasteiger partial charge is 0.497 e. The molecule has 0 aromatic heterocycles. The SMILES string of the molecule is COc1cccc(CC(CN)C(F)F)c1. The number of alkyl halides is 2. The van der Waals surface area contributed by atoms with Crippen molar-refractivity contribution in [1.82, 2.24) is 0 Å². The average Bonchev–Trinajstić information content (AvgIpc) is 2.25. The number of benzene rings is 1. The van der Waals surface area contributed by atoms with E-state index in [1.165, 1.54) is 0 Å². The van der Waals surface area contributed by atoms with Gasteiger partial charge in [0.1, 0.15) is 5.75 Å². The summed E-state index contributed by atoms with van der Waals surface area (Å²) in [4.78, 5) is 0. The van der Waals surface area contributed by atoms with Crippen LogP contribution in [0, 0.1) is 5.92 Å². The molecule has 0 saturated carbocycles. The minimum atomic E-state index is -2.37. The summed E-state index contributed by atoms with van der Waals surface area (Å²) in [6.45, 7) is -0.00508. The topological polar surface area (TPSA) is 35.2 Å². The van der Waals surface area contributed by atoms with Crippen LogP contribution in [-0.4, -0.2) is 20.1 Å². The van der Waals surface area contributed by atoms with Gasteiger partial charge >= 0.3 is 0 Å². The Balaban J connectivity index is 2.70. The van der Waals surface area contributed by atoms with Gasteiger partial charge < -0.3 is 10.5 Å². The van der Waals surface area contributed by atoms with Crippen LogP contribution in [0.15, 0.2) is 24.3 Å². The van der Waals surface area contributed by atoms with E-state index in [1.54, 1.807) is 31.4 Å². The molecule has 0 amide bonds. The van der Waals surface area contributed by atoms with Gasteiger partial charge in [-0.1, -0.05) is 12.1 Å². The van der Waals surface area contributed by atoms with Gasteiger partial charge in [-0.2, -0.15) is 0 Å². The number of hydrogen-bond donors (Lipinski definition) is 1. The van der Waals surface area contributed by atoms with Gasteiger partial charge in [-0.25, -0.2) is 8.78 Å². The first-order valence-corrected chi connectivity index (χ1v) is 4.78. The molecule has 0 aliphatic heterocycles. The fourth-order valence-corrected chi connectivity index (χ4v) is 1.38. The minimum absolute atomic E-state index is 0.00508. The van der Waals surface area contributed by atoms with Crippen molar-refractivity contribution in [1.29, 1.82) is 0 Å². The predicted molar refractivity (Wildman–Crippen MR) is 55.2 cm³/mol. The van der Waals surface area contributed by atoms with Crippen molar-refractivity contribution in [3.63, 3.8) is 0 Å². The van der Waals surface area contributed by atoms with Crippen molar-refractivity contribution in [3.8, 4) is 5.75 Å². The number of methoxy groups -OCH3 is 1. The standard InChI is InChI=1S/C11H15F2NO/c1-15-10-4-2-3-8(6-10)5-9(7-14)11(12)13/h2-4,6,9,11H,5,7,14H2,1H3. The molecule has 2 nitrogen and oxygen atoms in total. The van der Waals surface area contributed by atoms with Crippen LogP contribution in [0.3, 0.4) is 0 Å². The Morgan fingerprint density at radius 3 is 2.67 bits per heavy atom. The van der Waals surface area contributed by atoms with Crippen molar-refractivity contribution < 1.29 is 13.5 Å². The summed E-state index contributed by atoms with van der Waals surface area (Å²) in [5.74, 6) is -0.102. The van der Waals surface area contributed by atoms with Crippen LogP contribution in [0.4, 0.5) is 8.78 Å². The van der Waals surface area contributed by atoms with Crippen LogP contribution in [0.2, 0.25) is 0 Å². The van der Waals surface area contributed by atoms with Gasteiger partial charge in [0.25, 0.3) is 0 Å². The highest BCUT2D eigenvalue weighted by molar-refractivity contribution is 5.28. The van der Waals surface area contributed by atoms with E-state index in [0.29, 0.717) is 5.75 Å². The van der Waals surface area contributed by atoms with Gasteiger partial charge in [0.15, 0.2) is 0 Å². The molecule has 1 atom stereocenters. The minimum Gasteiger partial charge on any atom is -0.497 e. The third-order valence-corrected chi connectivity index (χ3v) is 2.29. The van der Waals surface area contributed by atoms with Crippen molar-refractivity contribution >= 4 is 0 Å². The van der Waals surface area contributed by atoms with Crippen LogP contribution in [0.5, 0.6) is 5.75 Å². The van der Waals surface area contributed by atoms with E-state index in [0.717, 1.165) is 5.56 Å². The van der Waals surface area contributed by atoms with Gasteiger partial charge in [-0.3, -0.25) is 0 Å². The van der Waals surface area contributed by atoms with E-state index < -0.39 is 12.3 Å². The second-order valence-corrected chi connectivity index (χ2v) is 3.39. The molecule has 2 N–H and O–H groups in total. The second kappa shape index (κ2) is 5.66. The molecule has 4 heteroatoms. The Bertz CT molecular complexity index is 304. The Hall–Kier alpha value is -1.16. The second-order valence-electron chi connectivity index (χ2n) is 3.39. The molecule has 0 saturated heterocycles. The molecule has 0 heterocycles. The summed E-state index contributed by atoms with van der Waals surface area (Å²) in [5, 5.41) is 0. The van der Waals surface area contributed by atoms with Crippen LogP contribution in [0.25, 0.3) is 0 Å². The number of hydrogen-bond acceptors (Lipinski definition) is 2. The van der Waals surface area contributed by atoms with E-state index in [2.05, 4.69) is 0 Å². The quantitative estimate of drug-likeness (QED) is 0.816. The first-order chi connectivity index (χ1) is 7.17. The van der Waals surface area contributed by atoms with Gasteiger partial charge in [0.05, 0.1) is 7.11 Å². The molecular weight excluding hydrogens is 200 g/mol. The summed E-state index contributed by atoms with van der Waals surface area (Å²) >= 11 is 0. The molecule has 1 unspecified atom stereocenters. The van der Waals surface area contributed by atoms with Crippen molar-refractivity contribution in [2.24, 2.45) is 11.7 Å². The third kappa shape index (κ3) is 3.47. The lowest BCUT2D eigenvalue weighted by molar-refractivity contribution is 0.0814. The predicted octanol–water partition coefficient (Wildman–Crippen LogP) is 2.08. The highest BCUT2D eigenvalue weighted by Gasteiger charge is 2.18. The summed E-state index contributed by atoms with van der Waals surface area (Å²) in [6.07, 6.45) is -2.09. The van der Waals surface area contributed by atoms with E-state index in [9.17, 15) is 8.78 Å².